The molecule has 3 rings (SSSR count). The number of hydrogen-bond acceptors (Lipinski definition) is 8. The van der Waals surface area contributed by atoms with Crippen molar-refractivity contribution >= 4 is 23.7 Å². The van der Waals surface area contributed by atoms with Crippen LogP contribution in [0, 0.1) is 0 Å². The maximum atomic E-state index is 5.61. The summed E-state index contributed by atoms with van der Waals surface area (Å²) in [6.07, 6.45) is 8.07. The second-order valence-electron chi connectivity index (χ2n) is 5.83. The number of aromatic nitrogens is 6. The summed E-state index contributed by atoms with van der Waals surface area (Å²) in [4.78, 5) is 12.0. The first-order valence-electron chi connectivity index (χ1n) is 8.10. The average Bonchev–Trinajstić information content (AvgIpc) is 2.96. The highest BCUT2D eigenvalue weighted by atomic mass is 32.2. The normalized spacial score (nSPS) is 15.5. The van der Waals surface area contributed by atoms with E-state index in [1.54, 1.807) is 0 Å². The minimum absolute atomic E-state index is 0.133. The second-order valence-corrected chi connectivity index (χ2v) is 6.77. The Labute approximate surface area is 145 Å². The largest absolute Gasteiger partial charge is 0.368 e. The summed E-state index contributed by atoms with van der Waals surface area (Å²) in [5, 5.41) is 9.65. The molecule has 1 fully saturated rings. The summed E-state index contributed by atoms with van der Waals surface area (Å²) in [6.45, 7) is 4.55. The average molecular weight is 346 g/mol. The fourth-order valence-corrected chi connectivity index (χ4v) is 3.83. The first-order chi connectivity index (χ1) is 11.7. The Bertz CT molecular complexity index is 687. The van der Waals surface area contributed by atoms with Crippen molar-refractivity contribution in [3.05, 3.63) is 24.3 Å². The third kappa shape index (κ3) is 3.84. The molecular weight excluding hydrogens is 324 g/mol. The van der Waals surface area contributed by atoms with Gasteiger partial charge in [-0.3, -0.25) is 0 Å². The maximum Gasteiger partial charge on any atom is 0.225 e. The fourth-order valence-electron chi connectivity index (χ4n) is 3.02. The van der Waals surface area contributed by atoms with E-state index in [-0.39, 0.29) is 11.9 Å². The predicted molar refractivity (Wildman–Crippen MR) is 94.3 cm³/mol. The monoisotopic (exact) mass is 346 g/mol. The SMILES string of the molecule is C=CCn1c(SCc2nc(N)nc(N)n2)nnc1C1CCCCC1. The molecule has 9 heteroatoms. The molecule has 2 aromatic rings. The van der Waals surface area contributed by atoms with Crippen LogP contribution in [-0.4, -0.2) is 29.7 Å². The molecule has 1 aliphatic rings. The van der Waals surface area contributed by atoms with Gasteiger partial charge in [-0.05, 0) is 12.8 Å². The lowest BCUT2D eigenvalue weighted by atomic mass is 9.89. The Morgan fingerprint density at radius 2 is 1.79 bits per heavy atom. The minimum Gasteiger partial charge on any atom is -0.368 e. The van der Waals surface area contributed by atoms with Gasteiger partial charge in [0.15, 0.2) is 5.16 Å². The van der Waals surface area contributed by atoms with Gasteiger partial charge in [-0.1, -0.05) is 37.1 Å². The van der Waals surface area contributed by atoms with Gasteiger partial charge < -0.3 is 16.0 Å². The molecule has 1 saturated carbocycles. The lowest BCUT2D eigenvalue weighted by Crippen LogP contribution is -2.12. The molecule has 0 spiro atoms. The van der Waals surface area contributed by atoms with Crippen LogP contribution in [0.15, 0.2) is 17.8 Å². The van der Waals surface area contributed by atoms with Crippen molar-refractivity contribution in [2.45, 2.75) is 55.5 Å². The number of rotatable bonds is 6. The number of nitrogen functional groups attached to an aromatic ring is 2. The molecule has 24 heavy (non-hydrogen) atoms. The van der Waals surface area contributed by atoms with Crippen LogP contribution in [-0.2, 0) is 12.3 Å². The molecule has 4 N–H and O–H groups in total. The van der Waals surface area contributed by atoms with E-state index in [9.17, 15) is 0 Å². The molecule has 0 atom stereocenters. The molecule has 0 saturated heterocycles. The highest BCUT2D eigenvalue weighted by molar-refractivity contribution is 7.98. The molecule has 0 unspecified atom stereocenters. The fraction of sp³-hybridized carbons (Fsp3) is 0.533. The topological polar surface area (TPSA) is 121 Å². The van der Waals surface area contributed by atoms with Gasteiger partial charge >= 0.3 is 0 Å². The van der Waals surface area contributed by atoms with Crippen molar-refractivity contribution < 1.29 is 0 Å². The first-order valence-corrected chi connectivity index (χ1v) is 9.08. The van der Waals surface area contributed by atoms with Gasteiger partial charge in [-0.2, -0.15) is 15.0 Å². The Hall–Kier alpha value is -2.16. The van der Waals surface area contributed by atoms with Crippen molar-refractivity contribution in [2.24, 2.45) is 0 Å². The van der Waals surface area contributed by atoms with Crippen molar-refractivity contribution in [1.29, 1.82) is 0 Å². The number of allylic oxidation sites excluding steroid dienone is 1. The predicted octanol–water partition coefficient (Wildman–Crippen LogP) is 2.15. The van der Waals surface area contributed by atoms with E-state index in [4.69, 9.17) is 11.5 Å². The third-order valence-corrected chi connectivity index (χ3v) is 5.04. The van der Waals surface area contributed by atoms with Gasteiger partial charge in [0.05, 0.1) is 5.75 Å². The summed E-state index contributed by atoms with van der Waals surface area (Å²) in [5.41, 5.74) is 11.2. The van der Waals surface area contributed by atoms with Crippen LogP contribution in [0.2, 0.25) is 0 Å². The zero-order valence-electron chi connectivity index (χ0n) is 13.6. The second kappa shape index (κ2) is 7.61. The van der Waals surface area contributed by atoms with Crippen LogP contribution >= 0.6 is 11.8 Å². The molecule has 2 aromatic heterocycles. The van der Waals surface area contributed by atoms with Gasteiger partial charge in [-0.15, -0.1) is 16.8 Å². The Morgan fingerprint density at radius 3 is 2.46 bits per heavy atom. The first kappa shape index (κ1) is 16.7. The van der Waals surface area contributed by atoms with E-state index in [1.807, 2.05) is 6.08 Å². The van der Waals surface area contributed by atoms with Crippen LogP contribution in [0.3, 0.4) is 0 Å². The van der Waals surface area contributed by atoms with Gasteiger partial charge in [0.1, 0.15) is 11.6 Å². The molecule has 0 radical (unpaired) electrons. The van der Waals surface area contributed by atoms with E-state index < -0.39 is 0 Å². The van der Waals surface area contributed by atoms with Gasteiger partial charge in [0.2, 0.25) is 11.9 Å². The lowest BCUT2D eigenvalue weighted by molar-refractivity contribution is 0.415. The Balaban J connectivity index is 1.77. The summed E-state index contributed by atoms with van der Waals surface area (Å²) < 4.78 is 2.14. The summed E-state index contributed by atoms with van der Waals surface area (Å²) >= 11 is 1.52. The van der Waals surface area contributed by atoms with Crippen LogP contribution in [0.4, 0.5) is 11.9 Å². The number of thioether (sulfide) groups is 1. The van der Waals surface area contributed by atoms with Crippen molar-refractivity contribution in [2.75, 3.05) is 11.5 Å². The summed E-state index contributed by atoms with van der Waals surface area (Å²) in [5.74, 6) is 2.87. The van der Waals surface area contributed by atoms with Crippen molar-refractivity contribution in [3.8, 4) is 0 Å². The zero-order valence-corrected chi connectivity index (χ0v) is 14.4. The van der Waals surface area contributed by atoms with E-state index in [1.165, 1.54) is 43.9 Å². The van der Waals surface area contributed by atoms with Crippen molar-refractivity contribution in [1.82, 2.24) is 29.7 Å². The molecule has 1 aliphatic carbocycles. The standard InChI is InChI=1S/C15H22N8S/c1-2-8-23-12(10-6-4-3-5-7-10)21-22-15(23)24-9-11-18-13(16)20-14(17)19-11/h2,10H,1,3-9H2,(H4,16,17,18,19,20). The van der Waals surface area contributed by atoms with E-state index in [0.29, 0.717) is 24.0 Å². The van der Waals surface area contributed by atoms with Crippen LogP contribution in [0.25, 0.3) is 0 Å². The Kier molecular flexibility index (Phi) is 5.29. The molecule has 2 heterocycles. The zero-order chi connectivity index (χ0) is 16.9. The van der Waals surface area contributed by atoms with Crippen LogP contribution < -0.4 is 11.5 Å². The molecular formula is C15H22N8S. The van der Waals surface area contributed by atoms with Gasteiger partial charge in [0.25, 0.3) is 0 Å². The molecule has 128 valence electrons. The van der Waals surface area contributed by atoms with E-state index >= 15 is 0 Å². The molecule has 0 aromatic carbocycles. The van der Waals surface area contributed by atoms with Gasteiger partial charge in [-0.25, -0.2) is 0 Å². The minimum atomic E-state index is 0.133. The molecule has 0 bridgehead atoms. The third-order valence-electron chi connectivity index (χ3n) is 4.07. The Morgan fingerprint density at radius 1 is 1.08 bits per heavy atom. The van der Waals surface area contributed by atoms with Gasteiger partial charge in [0, 0.05) is 12.5 Å². The summed E-state index contributed by atoms with van der Waals surface area (Å²) in [7, 11) is 0. The smallest absolute Gasteiger partial charge is 0.225 e. The number of anilines is 2. The highest BCUT2D eigenvalue weighted by Gasteiger charge is 2.23. The van der Waals surface area contributed by atoms with E-state index in [0.717, 1.165) is 11.0 Å². The molecule has 0 aliphatic heterocycles. The highest BCUT2D eigenvalue weighted by Crippen LogP contribution is 2.33. The number of hydrogen-bond donors (Lipinski definition) is 2. The number of nitrogens with zero attached hydrogens (tertiary/aromatic N) is 6. The van der Waals surface area contributed by atoms with Crippen molar-refractivity contribution in [3.63, 3.8) is 0 Å². The van der Waals surface area contributed by atoms with Crippen LogP contribution in [0.1, 0.15) is 49.7 Å². The molecule has 0 amide bonds. The molecule has 8 nitrogen and oxygen atoms in total. The lowest BCUT2D eigenvalue weighted by Gasteiger charge is -2.21. The van der Waals surface area contributed by atoms with Crippen LogP contribution in [0.5, 0.6) is 0 Å². The maximum absolute atomic E-state index is 5.61. The summed E-state index contributed by atoms with van der Waals surface area (Å²) in [6, 6.07) is 0. The number of nitrogens with two attached hydrogens (primary N) is 2. The quantitative estimate of drug-likeness (QED) is 0.603. The van der Waals surface area contributed by atoms with E-state index in [2.05, 4.69) is 36.3 Å².